The molecule has 1 rings (SSSR count). The minimum atomic E-state index is 0.0702. The third-order valence-corrected chi connectivity index (χ3v) is 3.77. The quantitative estimate of drug-likeness (QED) is 0.636. The first-order valence-corrected chi connectivity index (χ1v) is 7.17. The van der Waals surface area contributed by atoms with E-state index in [2.05, 4.69) is 12.1 Å². The minimum absolute atomic E-state index is 0.0702. The van der Waals surface area contributed by atoms with Gasteiger partial charge in [-0.05, 0) is 36.8 Å². The minimum Gasteiger partial charge on any atom is -0.349 e. The van der Waals surface area contributed by atoms with Crippen LogP contribution in [0.25, 0.3) is 0 Å². The third kappa shape index (κ3) is 5.10. The Balaban J connectivity index is 2.35. The second-order valence-electron chi connectivity index (χ2n) is 4.60. The van der Waals surface area contributed by atoms with Gasteiger partial charge in [-0.15, -0.1) is 11.8 Å². The summed E-state index contributed by atoms with van der Waals surface area (Å²) in [7, 11) is 3.59. The zero-order chi connectivity index (χ0) is 13.5. The van der Waals surface area contributed by atoms with Crippen LogP contribution in [0.15, 0.2) is 29.2 Å². The zero-order valence-electron chi connectivity index (χ0n) is 11.3. The highest BCUT2D eigenvalue weighted by atomic mass is 32.2. The Labute approximate surface area is 114 Å². The normalized spacial score (nSPS) is 12.2. The number of thioether (sulfide) groups is 1. The maximum Gasteiger partial charge on any atom is 0.222 e. The lowest BCUT2D eigenvalue weighted by Gasteiger charge is -2.10. The average molecular weight is 266 g/mol. The lowest BCUT2D eigenvalue weighted by atomic mass is 10.1. The number of hydrogen-bond donors (Lipinski definition) is 1. The van der Waals surface area contributed by atoms with Gasteiger partial charge in [0.05, 0.1) is 0 Å². The molecular weight excluding hydrogens is 244 g/mol. The van der Waals surface area contributed by atoms with Crippen molar-refractivity contribution in [2.75, 3.05) is 19.8 Å². The lowest BCUT2D eigenvalue weighted by molar-refractivity contribution is -0.128. The largest absolute Gasteiger partial charge is 0.349 e. The molecule has 1 aromatic rings. The van der Waals surface area contributed by atoms with Crippen LogP contribution in [-0.4, -0.2) is 30.7 Å². The molecule has 4 heteroatoms. The van der Waals surface area contributed by atoms with Crippen LogP contribution < -0.4 is 5.73 Å². The Morgan fingerprint density at radius 1 is 1.44 bits per heavy atom. The van der Waals surface area contributed by atoms with E-state index in [0.29, 0.717) is 6.42 Å². The van der Waals surface area contributed by atoms with Gasteiger partial charge in [0.25, 0.3) is 0 Å². The van der Waals surface area contributed by atoms with Crippen LogP contribution in [-0.2, 0) is 4.79 Å². The number of hydrogen-bond acceptors (Lipinski definition) is 3. The van der Waals surface area contributed by atoms with Crippen LogP contribution in [0.5, 0.6) is 0 Å². The molecule has 2 N–H and O–H groups in total. The molecule has 3 nitrogen and oxygen atoms in total. The summed E-state index contributed by atoms with van der Waals surface area (Å²) in [6.07, 6.45) is 1.52. The molecule has 1 amide bonds. The first kappa shape index (κ1) is 15.1. The van der Waals surface area contributed by atoms with Gasteiger partial charge in [-0.2, -0.15) is 0 Å². The second-order valence-corrected chi connectivity index (χ2v) is 5.77. The van der Waals surface area contributed by atoms with E-state index in [4.69, 9.17) is 5.73 Å². The SMILES string of the molecule is CC(N)c1cccc(SCCCC(=O)N(C)C)c1. The Kier molecular flexibility index (Phi) is 6.22. The molecule has 0 aliphatic rings. The van der Waals surface area contributed by atoms with Crippen LogP contribution in [0.1, 0.15) is 31.4 Å². The molecular formula is C14H22N2OS. The van der Waals surface area contributed by atoms with E-state index in [-0.39, 0.29) is 11.9 Å². The Morgan fingerprint density at radius 2 is 2.17 bits per heavy atom. The van der Waals surface area contributed by atoms with Gasteiger partial charge >= 0.3 is 0 Å². The van der Waals surface area contributed by atoms with E-state index in [9.17, 15) is 4.79 Å². The number of rotatable bonds is 6. The lowest BCUT2D eigenvalue weighted by Crippen LogP contribution is -2.21. The highest BCUT2D eigenvalue weighted by Crippen LogP contribution is 2.22. The van der Waals surface area contributed by atoms with Crippen LogP contribution in [0, 0.1) is 0 Å². The first-order valence-electron chi connectivity index (χ1n) is 6.19. The maximum atomic E-state index is 11.4. The van der Waals surface area contributed by atoms with Crippen LogP contribution >= 0.6 is 11.8 Å². The standard InChI is InChI=1S/C14H22N2OS/c1-11(15)12-6-4-7-13(10-12)18-9-5-8-14(17)16(2)3/h4,6-7,10-11H,5,8-9,15H2,1-3H3. The average Bonchev–Trinajstić information content (AvgIpc) is 2.34. The van der Waals surface area contributed by atoms with Crippen LogP contribution in [0.4, 0.5) is 0 Å². The molecule has 18 heavy (non-hydrogen) atoms. The molecule has 1 unspecified atom stereocenters. The van der Waals surface area contributed by atoms with E-state index in [1.54, 1.807) is 30.8 Å². The van der Waals surface area contributed by atoms with Crippen molar-refractivity contribution in [1.29, 1.82) is 0 Å². The number of carbonyl (C=O) groups excluding carboxylic acids is 1. The molecule has 0 aromatic heterocycles. The van der Waals surface area contributed by atoms with Gasteiger partial charge < -0.3 is 10.6 Å². The third-order valence-electron chi connectivity index (χ3n) is 2.69. The van der Waals surface area contributed by atoms with Gasteiger partial charge in [0.2, 0.25) is 5.91 Å². The number of benzene rings is 1. The van der Waals surface area contributed by atoms with Crippen molar-refractivity contribution >= 4 is 17.7 Å². The highest BCUT2D eigenvalue weighted by Gasteiger charge is 2.04. The fourth-order valence-electron chi connectivity index (χ4n) is 1.52. The smallest absolute Gasteiger partial charge is 0.222 e. The fraction of sp³-hybridized carbons (Fsp3) is 0.500. The van der Waals surface area contributed by atoms with Crippen molar-refractivity contribution < 1.29 is 4.79 Å². The number of nitrogens with two attached hydrogens (primary N) is 1. The molecule has 0 heterocycles. The zero-order valence-corrected chi connectivity index (χ0v) is 12.2. The predicted octanol–water partition coefficient (Wildman–Crippen LogP) is 2.67. The van der Waals surface area contributed by atoms with Crippen LogP contribution in [0.3, 0.4) is 0 Å². The van der Waals surface area contributed by atoms with Crippen molar-refractivity contribution in [3.05, 3.63) is 29.8 Å². The molecule has 0 spiro atoms. The first-order chi connectivity index (χ1) is 8.50. The molecule has 0 aliphatic carbocycles. The van der Waals surface area contributed by atoms with Crippen molar-refractivity contribution in [2.45, 2.75) is 30.7 Å². The fourth-order valence-corrected chi connectivity index (χ4v) is 2.44. The molecule has 1 aromatic carbocycles. The summed E-state index contributed by atoms with van der Waals surface area (Å²) in [4.78, 5) is 14.3. The molecule has 0 saturated carbocycles. The van der Waals surface area contributed by atoms with Crippen molar-refractivity contribution in [1.82, 2.24) is 4.90 Å². The summed E-state index contributed by atoms with van der Waals surface area (Å²) in [5, 5.41) is 0. The monoisotopic (exact) mass is 266 g/mol. The molecule has 0 saturated heterocycles. The topological polar surface area (TPSA) is 46.3 Å². The van der Waals surface area contributed by atoms with Gasteiger partial charge in [0.1, 0.15) is 0 Å². The summed E-state index contributed by atoms with van der Waals surface area (Å²) in [5.41, 5.74) is 7.01. The molecule has 0 aliphatic heterocycles. The van der Waals surface area contributed by atoms with E-state index >= 15 is 0 Å². The maximum absolute atomic E-state index is 11.4. The van der Waals surface area contributed by atoms with Crippen molar-refractivity contribution in [3.8, 4) is 0 Å². The summed E-state index contributed by atoms with van der Waals surface area (Å²) < 4.78 is 0. The number of nitrogens with zero attached hydrogens (tertiary/aromatic N) is 1. The Morgan fingerprint density at radius 3 is 2.78 bits per heavy atom. The van der Waals surface area contributed by atoms with Gasteiger partial charge in [0, 0.05) is 31.5 Å². The second kappa shape index (κ2) is 7.44. The van der Waals surface area contributed by atoms with Crippen molar-refractivity contribution in [3.63, 3.8) is 0 Å². The summed E-state index contributed by atoms with van der Waals surface area (Å²) in [6.45, 7) is 1.99. The highest BCUT2D eigenvalue weighted by molar-refractivity contribution is 7.99. The van der Waals surface area contributed by atoms with Crippen LogP contribution in [0.2, 0.25) is 0 Å². The van der Waals surface area contributed by atoms with Crippen molar-refractivity contribution in [2.24, 2.45) is 5.73 Å². The summed E-state index contributed by atoms with van der Waals surface area (Å²) in [6, 6.07) is 8.37. The van der Waals surface area contributed by atoms with Gasteiger partial charge in [-0.1, -0.05) is 12.1 Å². The molecule has 0 bridgehead atoms. The molecule has 0 radical (unpaired) electrons. The molecule has 1 atom stereocenters. The van der Waals surface area contributed by atoms with E-state index in [1.165, 1.54) is 4.90 Å². The van der Waals surface area contributed by atoms with E-state index < -0.39 is 0 Å². The Hall–Kier alpha value is -1.00. The Bertz CT molecular complexity index is 391. The van der Waals surface area contributed by atoms with E-state index in [0.717, 1.165) is 17.7 Å². The van der Waals surface area contributed by atoms with E-state index in [1.807, 2.05) is 19.1 Å². The van der Waals surface area contributed by atoms with Gasteiger partial charge in [0.15, 0.2) is 0 Å². The van der Waals surface area contributed by atoms with Gasteiger partial charge in [-0.25, -0.2) is 0 Å². The molecule has 0 fully saturated rings. The predicted molar refractivity (Wildman–Crippen MR) is 77.7 cm³/mol. The number of carbonyl (C=O) groups is 1. The summed E-state index contributed by atoms with van der Waals surface area (Å²) in [5.74, 6) is 1.15. The summed E-state index contributed by atoms with van der Waals surface area (Å²) >= 11 is 1.78. The number of amides is 1. The van der Waals surface area contributed by atoms with Gasteiger partial charge in [-0.3, -0.25) is 4.79 Å². The molecule has 100 valence electrons.